The summed E-state index contributed by atoms with van der Waals surface area (Å²) in [6, 6.07) is 5.38. The predicted octanol–water partition coefficient (Wildman–Crippen LogP) is 4.73. The molecule has 0 atom stereocenters. The van der Waals surface area contributed by atoms with Crippen LogP contribution in [-0.2, 0) is 6.18 Å². The zero-order chi connectivity index (χ0) is 24.7. The van der Waals surface area contributed by atoms with Crippen LogP contribution in [0.5, 0.6) is 0 Å². The van der Waals surface area contributed by atoms with Gasteiger partial charge >= 0.3 is 6.18 Å². The van der Waals surface area contributed by atoms with Gasteiger partial charge < -0.3 is 9.32 Å². The molecule has 5 aliphatic rings. The minimum absolute atomic E-state index is 0.0205. The van der Waals surface area contributed by atoms with Crippen LogP contribution in [0.2, 0.25) is 0 Å². The Morgan fingerprint density at radius 2 is 1.67 bits per heavy atom. The van der Waals surface area contributed by atoms with Crippen molar-refractivity contribution in [2.24, 2.45) is 17.8 Å². The molecule has 1 aliphatic heterocycles. The molecule has 1 saturated heterocycles. The second-order valence-corrected chi connectivity index (χ2v) is 11.2. The molecule has 0 aromatic carbocycles. The number of alkyl halides is 3. The summed E-state index contributed by atoms with van der Waals surface area (Å²) in [5.41, 5.74) is -0.715. The van der Waals surface area contributed by atoms with Crippen molar-refractivity contribution in [2.45, 2.75) is 50.2 Å². The molecule has 5 fully saturated rings. The molecule has 10 heteroatoms. The number of rotatable bonds is 3. The van der Waals surface area contributed by atoms with Crippen molar-refractivity contribution in [2.75, 3.05) is 26.2 Å². The molecule has 0 radical (unpaired) electrons. The summed E-state index contributed by atoms with van der Waals surface area (Å²) < 4.78 is 47.5. The average Bonchev–Trinajstić information content (AvgIpc) is 3.52. The van der Waals surface area contributed by atoms with Crippen molar-refractivity contribution in [1.29, 1.82) is 0 Å². The predicted molar refractivity (Wildman–Crippen MR) is 124 cm³/mol. The van der Waals surface area contributed by atoms with Crippen LogP contribution in [0.25, 0.3) is 17.1 Å². The summed E-state index contributed by atoms with van der Waals surface area (Å²) in [7, 11) is 0. The Morgan fingerprint density at radius 1 is 1.00 bits per heavy atom. The monoisotopic (exact) mass is 499 g/mol. The van der Waals surface area contributed by atoms with E-state index in [0.29, 0.717) is 23.1 Å². The van der Waals surface area contributed by atoms with Gasteiger partial charge in [-0.15, -0.1) is 0 Å². The first-order chi connectivity index (χ1) is 17.3. The molecule has 36 heavy (non-hydrogen) atoms. The summed E-state index contributed by atoms with van der Waals surface area (Å²) in [4.78, 5) is 21.9. The fraction of sp³-hybridized carbons (Fsp3) is 0.577. The number of carbonyl (C=O) groups is 1. The van der Waals surface area contributed by atoms with Crippen molar-refractivity contribution >= 4 is 11.6 Å². The largest absolute Gasteiger partial charge is 0.463 e. The van der Waals surface area contributed by atoms with Crippen LogP contribution in [0.15, 0.2) is 34.9 Å². The van der Waals surface area contributed by atoms with E-state index >= 15 is 0 Å². The number of hydrogen-bond donors (Lipinski definition) is 0. The SMILES string of the molecule is O=C(c1cc2nc(-c3ccco3)cc(C(F)(F)F)n2n1)N1CCN(C23CC4CC(CC(C4)C2)C3)CC1. The Labute approximate surface area is 206 Å². The Hall–Kier alpha value is -2.88. The Balaban J connectivity index is 1.12. The van der Waals surface area contributed by atoms with Crippen LogP contribution in [0.4, 0.5) is 13.2 Å². The van der Waals surface area contributed by atoms with Crippen LogP contribution < -0.4 is 0 Å². The lowest BCUT2D eigenvalue weighted by molar-refractivity contribution is -0.142. The van der Waals surface area contributed by atoms with E-state index in [2.05, 4.69) is 15.0 Å². The molecule has 4 bridgehead atoms. The molecular weight excluding hydrogens is 471 g/mol. The summed E-state index contributed by atoms with van der Waals surface area (Å²) in [6.07, 6.45) is 4.72. The Morgan fingerprint density at radius 3 is 2.25 bits per heavy atom. The highest BCUT2D eigenvalue weighted by molar-refractivity contribution is 5.93. The Kier molecular flexibility index (Phi) is 4.84. The van der Waals surface area contributed by atoms with Gasteiger partial charge in [0.05, 0.1) is 6.26 Å². The fourth-order valence-corrected chi connectivity index (χ4v) is 7.83. The van der Waals surface area contributed by atoms with Gasteiger partial charge in [-0.3, -0.25) is 9.69 Å². The molecule has 0 spiro atoms. The highest BCUT2D eigenvalue weighted by atomic mass is 19.4. The zero-order valence-electron chi connectivity index (χ0n) is 19.9. The molecule has 3 aromatic heterocycles. The van der Waals surface area contributed by atoms with Crippen molar-refractivity contribution in [1.82, 2.24) is 24.4 Å². The Bertz CT molecular complexity index is 1270. The molecule has 1 amide bonds. The van der Waals surface area contributed by atoms with E-state index in [1.165, 1.54) is 50.9 Å². The maximum atomic E-state index is 13.8. The van der Waals surface area contributed by atoms with Gasteiger partial charge in [0.25, 0.3) is 5.91 Å². The number of piperazine rings is 1. The summed E-state index contributed by atoms with van der Waals surface area (Å²) in [5, 5.41) is 4.05. The lowest BCUT2D eigenvalue weighted by Crippen LogP contribution is -2.64. The average molecular weight is 500 g/mol. The normalized spacial score (nSPS) is 30.4. The highest BCUT2D eigenvalue weighted by Crippen LogP contribution is 2.57. The minimum Gasteiger partial charge on any atom is -0.463 e. The standard InChI is InChI=1S/C26H28F3N5O2/c27-26(28,29)22-11-19(21-2-1-7-36-21)30-23-12-20(31-34(22)23)24(35)32-3-5-33(6-4-32)25-13-16-8-17(14-25)10-18(9-16)15-25/h1-2,7,11-12,16-18H,3-6,8-10,13-15H2. The summed E-state index contributed by atoms with van der Waals surface area (Å²) >= 11 is 0. The van der Waals surface area contributed by atoms with Crippen molar-refractivity contribution in [3.05, 3.63) is 41.9 Å². The van der Waals surface area contributed by atoms with Crippen LogP contribution in [0.1, 0.15) is 54.7 Å². The van der Waals surface area contributed by atoms with Gasteiger partial charge in [-0.1, -0.05) is 0 Å². The van der Waals surface area contributed by atoms with E-state index in [0.717, 1.165) is 36.9 Å². The number of nitrogens with zero attached hydrogens (tertiary/aromatic N) is 5. The number of halogens is 3. The third-order valence-electron chi connectivity index (χ3n) is 8.95. The molecule has 190 valence electrons. The number of furan rings is 1. The summed E-state index contributed by atoms with van der Waals surface area (Å²) in [6.45, 7) is 2.73. The number of carbonyl (C=O) groups excluding carboxylic acids is 1. The van der Waals surface area contributed by atoms with E-state index in [1.54, 1.807) is 17.0 Å². The van der Waals surface area contributed by atoms with Gasteiger partial charge in [0.1, 0.15) is 5.69 Å². The molecule has 4 saturated carbocycles. The van der Waals surface area contributed by atoms with E-state index in [4.69, 9.17) is 4.42 Å². The first-order valence-corrected chi connectivity index (χ1v) is 12.8. The molecule has 0 N–H and O–H groups in total. The number of aromatic nitrogens is 3. The van der Waals surface area contributed by atoms with E-state index in [9.17, 15) is 18.0 Å². The molecule has 0 unspecified atom stereocenters. The maximum absolute atomic E-state index is 13.8. The molecule has 3 aromatic rings. The smallest absolute Gasteiger partial charge is 0.433 e. The zero-order valence-corrected chi connectivity index (χ0v) is 19.9. The highest BCUT2D eigenvalue weighted by Gasteiger charge is 2.53. The van der Waals surface area contributed by atoms with E-state index < -0.39 is 11.9 Å². The maximum Gasteiger partial charge on any atom is 0.433 e. The van der Waals surface area contributed by atoms with Gasteiger partial charge in [-0.25, -0.2) is 9.50 Å². The van der Waals surface area contributed by atoms with Crippen LogP contribution in [0.3, 0.4) is 0 Å². The van der Waals surface area contributed by atoms with E-state index in [1.807, 2.05) is 0 Å². The second kappa shape index (κ2) is 7.81. The van der Waals surface area contributed by atoms with Gasteiger partial charge in [-0.2, -0.15) is 18.3 Å². The van der Waals surface area contributed by atoms with Gasteiger partial charge in [0.2, 0.25) is 0 Å². The summed E-state index contributed by atoms with van der Waals surface area (Å²) in [5.74, 6) is 2.44. The van der Waals surface area contributed by atoms with Crippen molar-refractivity contribution in [3.8, 4) is 11.5 Å². The number of hydrogen-bond acceptors (Lipinski definition) is 5. The fourth-order valence-electron chi connectivity index (χ4n) is 7.83. The molecule has 7 nitrogen and oxygen atoms in total. The van der Waals surface area contributed by atoms with Gasteiger partial charge in [0.15, 0.2) is 22.8 Å². The quantitative estimate of drug-likeness (QED) is 0.521. The topological polar surface area (TPSA) is 66.9 Å². The number of fused-ring (bicyclic) bond motifs is 1. The van der Waals surface area contributed by atoms with Gasteiger partial charge in [0, 0.05) is 37.8 Å². The third-order valence-corrected chi connectivity index (χ3v) is 8.95. The molecule has 8 rings (SSSR count). The van der Waals surface area contributed by atoms with Crippen LogP contribution in [0, 0.1) is 17.8 Å². The molecule has 4 heterocycles. The third kappa shape index (κ3) is 3.55. The molecule has 4 aliphatic carbocycles. The lowest BCUT2D eigenvalue weighted by atomic mass is 9.52. The van der Waals surface area contributed by atoms with Crippen LogP contribution in [-0.4, -0.2) is 62.0 Å². The van der Waals surface area contributed by atoms with Crippen molar-refractivity contribution in [3.63, 3.8) is 0 Å². The van der Waals surface area contributed by atoms with Gasteiger partial charge in [-0.05, 0) is 74.5 Å². The van der Waals surface area contributed by atoms with Crippen LogP contribution >= 0.6 is 0 Å². The van der Waals surface area contributed by atoms with Crippen molar-refractivity contribution < 1.29 is 22.4 Å². The second-order valence-electron chi connectivity index (χ2n) is 11.2. The number of amides is 1. The lowest BCUT2D eigenvalue weighted by Gasteiger charge is -2.61. The van der Waals surface area contributed by atoms with E-state index in [-0.39, 0.29) is 28.7 Å². The molecular formula is C26H28F3N5O2. The first kappa shape index (κ1) is 22.3. The first-order valence-electron chi connectivity index (χ1n) is 12.8. The minimum atomic E-state index is -4.67.